The molecule has 0 aliphatic carbocycles. The summed E-state index contributed by atoms with van der Waals surface area (Å²) in [5.74, 6) is -2.34. The number of imide groups is 1. The van der Waals surface area contributed by atoms with Crippen molar-refractivity contribution in [2.45, 2.75) is 6.42 Å². The van der Waals surface area contributed by atoms with E-state index in [1.807, 2.05) is 30.3 Å². The lowest BCUT2D eigenvalue weighted by atomic mass is 10.1. The SMILES string of the molecule is O=C(COC(=O)CN1C(=O)c2ccccc2C1=O)NCCc1ccccc1. The van der Waals surface area contributed by atoms with Gasteiger partial charge < -0.3 is 10.1 Å². The van der Waals surface area contributed by atoms with Crippen LogP contribution in [0, 0.1) is 0 Å². The van der Waals surface area contributed by atoms with Crippen LogP contribution in [0.2, 0.25) is 0 Å². The topological polar surface area (TPSA) is 92.8 Å². The van der Waals surface area contributed by atoms with Crippen LogP contribution < -0.4 is 5.32 Å². The molecule has 7 heteroatoms. The minimum atomic E-state index is -0.817. The lowest BCUT2D eigenvalue weighted by Crippen LogP contribution is -2.37. The van der Waals surface area contributed by atoms with Crippen LogP contribution in [0.25, 0.3) is 0 Å². The van der Waals surface area contributed by atoms with Gasteiger partial charge in [-0.25, -0.2) is 0 Å². The van der Waals surface area contributed by atoms with Crippen molar-refractivity contribution in [3.8, 4) is 0 Å². The van der Waals surface area contributed by atoms with E-state index in [2.05, 4.69) is 5.32 Å². The number of carbonyl (C=O) groups excluding carboxylic acids is 4. The molecule has 3 rings (SSSR count). The molecule has 0 aromatic heterocycles. The van der Waals surface area contributed by atoms with Gasteiger partial charge in [0.1, 0.15) is 6.54 Å². The summed E-state index contributed by atoms with van der Waals surface area (Å²) in [6.07, 6.45) is 0.662. The van der Waals surface area contributed by atoms with E-state index in [-0.39, 0.29) is 11.1 Å². The molecule has 0 saturated heterocycles. The summed E-state index contributed by atoms with van der Waals surface area (Å²) >= 11 is 0. The number of ether oxygens (including phenoxy) is 1. The van der Waals surface area contributed by atoms with Crippen molar-refractivity contribution in [1.82, 2.24) is 10.2 Å². The Labute approximate surface area is 155 Å². The third-order valence-corrected chi connectivity index (χ3v) is 4.11. The first-order valence-electron chi connectivity index (χ1n) is 8.47. The van der Waals surface area contributed by atoms with Gasteiger partial charge in [-0.1, -0.05) is 42.5 Å². The monoisotopic (exact) mass is 366 g/mol. The number of esters is 1. The average molecular weight is 366 g/mol. The van der Waals surface area contributed by atoms with Crippen molar-refractivity contribution >= 4 is 23.7 Å². The van der Waals surface area contributed by atoms with Crippen molar-refractivity contribution in [2.24, 2.45) is 0 Å². The molecule has 1 heterocycles. The Morgan fingerprint density at radius 2 is 1.48 bits per heavy atom. The highest BCUT2D eigenvalue weighted by Gasteiger charge is 2.36. The molecule has 2 aromatic rings. The smallest absolute Gasteiger partial charge is 0.326 e. The van der Waals surface area contributed by atoms with Crippen molar-refractivity contribution in [3.05, 3.63) is 71.3 Å². The lowest BCUT2D eigenvalue weighted by molar-refractivity contribution is -0.148. The van der Waals surface area contributed by atoms with E-state index in [0.717, 1.165) is 10.5 Å². The Kier molecular flexibility index (Phi) is 5.61. The number of hydrogen-bond donors (Lipinski definition) is 1. The number of amides is 3. The van der Waals surface area contributed by atoms with Crippen molar-refractivity contribution in [1.29, 1.82) is 0 Å². The molecule has 7 nitrogen and oxygen atoms in total. The van der Waals surface area contributed by atoms with Crippen molar-refractivity contribution < 1.29 is 23.9 Å². The Hall–Kier alpha value is -3.48. The highest BCUT2D eigenvalue weighted by molar-refractivity contribution is 6.22. The summed E-state index contributed by atoms with van der Waals surface area (Å²) in [6, 6.07) is 16.0. The third kappa shape index (κ3) is 4.38. The summed E-state index contributed by atoms with van der Waals surface area (Å²) in [6.45, 7) is -0.570. The molecule has 0 spiro atoms. The standard InChI is InChI=1S/C20H18N2O5/c23-17(21-11-10-14-6-2-1-3-7-14)13-27-18(24)12-22-19(25)15-8-4-5-9-16(15)20(22)26/h1-9H,10-13H2,(H,21,23). The Balaban J connectivity index is 1.42. The zero-order valence-corrected chi connectivity index (χ0v) is 14.5. The van der Waals surface area contributed by atoms with Gasteiger partial charge >= 0.3 is 5.97 Å². The number of carbonyl (C=O) groups is 4. The van der Waals surface area contributed by atoms with E-state index < -0.39 is 36.8 Å². The molecule has 1 N–H and O–H groups in total. The molecule has 0 saturated carbocycles. The predicted molar refractivity (Wildman–Crippen MR) is 95.9 cm³/mol. The molecule has 27 heavy (non-hydrogen) atoms. The van der Waals surface area contributed by atoms with Gasteiger partial charge in [0.05, 0.1) is 11.1 Å². The fraction of sp³-hybridized carbons (Fsp3) is 0.200. The summed E-state index contributed by atoms with van der Waals surface area (Å²) < 4.78 is 4.87. The van der Waals surface area contributed by atoms with E-state index in [4.69, 9.17) is 4.74 Å². The van der Waals surface area contributed by atoms with Crippen LogP contribution in [0.15, 0.2) is 54.6 Å². The maximum Gasteiger partial charge on any atom is 0.326 e. The lowest BCUT2D eigenvalue weighted by Gasteiger charge is -2.13. The van der Waals surface area contributed by atoms with E-state index in [0.29, 0.717) is 13.0 Å². The Bertz CT molecular complexity index is 844. The largest absolute Gasteiger partial charge is 0.454 e. The molecular weight excluding hydrogens is 348 g/mol. The zero-order valence-electron chi connectivity index (χ0n) is 14.5. The van der Waals surface area contributed by atoms with E-state index in [1.165, 1.54) is 12.1 Å². The van der Waals surface area contributed by atoms with Crippen LogP contribution in [0.4, 0.5) is 0 Å². The highest BCUT2D eigenvalue weighted by Crippen LogP contribution is 2.21. The summed E-state index contributed by atoms with van der Waals surface area (Å²) in [5.41, 5.74) is 1.60. The van der Waals surface area contributed by atoms with Gasteiger partial charge in [-0.05, 0) is 24.1 Å². The fourth-order valence-corrected chi connectivity index (χ4v) is 2.75. The summed E-state index contributed by atoms with van der Waals surface area (Å²) in [4.78, 5) is 48.8. The molecule has 0 fully saturated rings. The molecule has 138 valence electrons. The van der Waals surface area contributed by atoms with Gasteiger partial charge in [-0.2, -0.15) is 0 Å². The van der Waals surface area contributed by atoms with E-state index in [9.17, 15) is 19.2 Å². The first-order chi connectivity index (χ1) is 13.1. The molecule has 0 bridgehead atoms. The van der Waals surface area contributed by atoms with Crippen molar-refractivity contribution in [2.75, 3.05) is 19.7 Å². The maximum atomic E-state index is 12.2. The number of nitrogens with zero attached hydrogens (tertiary/aromatic N) is 1. The summed E-state index contributed by atoms with van der Waals surface area (Å²) in [5, 5.41) is 2.65. The number of fused-ring (bicyclic) bond motifs is 1. The second-order valence-corrected chi connectivity index (χ2v) is 5.99. The molecule has 0 radical (unpaired) electrons. The fourth-order valence-electron chi connectivity index (χ4n) is 2.75. The number of rotatable bonds is 7. The average Bonchev–Trinajstić information content (AvgIpc) is 2.92. The highest BCUT2D eigenvalue weighted by atomic mass is 16.5. The molecule has 2 aromatic carbocycles. The second-order valence-electron chi connectivity index (χ2n) is 5.99. The van der Waals surface area contributed by atoms with Gasteiger partial charge in [-0.3, -0.25) is 24.1 Å². The Morgan fingerprint density at radius 3 is 2.11 bits per heavy atom. The van der Waals surface area contributed by atoms with E-state index >= 15 is 0 Å². The van der Waals surface area contributed by atoms with Gasteiger partial charge in [0.25, 0.3) is 17.7 Å². The molecule has 1 aliphatic heterocycles. The first-order valence-corrected chi connectivity index (χ1v) is 8.47. The molecule has 3 amide bonds. The quantitative estimate of drug-likeness (QED) is 0.587. The van der Waals surface area contributed by atoms with Gasteiger partial charge in [0.2, 0.25) is 0 Å². The minimum absolute atomic E-state index is 0.258. The molecule has 1 aliphatic rings. The first kappa shape index (κ1) is 18.3. The number of hydrogen-bond acceptors (Lipinski definition) is 5. The van der Waals surface area contributed by atoms with Crippen LogP contribution in [0.1, 0.15) is 26.3 Å². The van der Waals surface area contributed by atoms with Crippen molar-refractivity contribution in [3.63, 3.8) is 0 Å². The normalized spacial score (nSPS) is 12.7. The number of nitrogens with one attached hydrogen (secondary N) is 1. The van der Waals surface area contributed by atoms with Crippen LogP contribution in [-0.4, -0.2) is 48.3 Å². The number of benzene rings is 2. The third-order valence-electron chi connectivity index (χ3n) is 4.11. The molecule has 0 atom stereocenters. The minimum Gasteiger partial charge on any atom is -0.454 e. The van der Waals surface area contributed by atoms with Crippen LogP contribution in [0.5, 0.6) is 0 Å². The molecular formula is C20H18N2O5. The van der Waals surface area contributed by atoms with Gasteiger partial charge in [0, 0.05) is 6.54 Å². The molecule has 0 unspecified atom stereocenters. The van der Waals surface area contributed by atoms with Gasteiger partial charge in [-0.15, -0.1) is 0 Å². The van der Waals surface area contributed by atoms with Crippen LogP contribution >= 0.6 is 0 Å². The predicted octanol–water partition coefficient (Wildman–Crippen LogP) is 1.18. The van der Waals surface area contributed by atoms with Crippen LogP contribution in [-0.2, 0) is 20.7 Å². The zero-order chi connectivity index (χ0) is 19.2. The van der Waals surface area contributed by atoms with Gasteiger partial charge in [0.15, 0.2) is 6.61 Å². The van der Waals surface area contributed by atoms with E-state index in [1.54, 1.807) is 12.1 Å². The second kappa shape index (κ2) is 8.27. The Morgan fingerprint density at radius 1 is 0.889 bits per heavy atom. The summed E-state index contributed by atoms with van der Waals surface area (Å²) in [7, 11) is 0. The van der Waals surface area contributed by atoms with Crippen LogP contribution in [0.3, 0.4) is 0 Å². The maximum absolute atomic E-state index is 12.2.